The Bertz CT molecular complexity index is 838. The summed E-state index contributed by atoms with van der Waals surface area (Å²) in [5.74, 6) is 1.48. The fourth-order valence-electron chi connectivity index (χ4n) is 6.18. The van der Waals surface area contributed by atoms with Crippen molar-refractivity contribution in [3.63, 3.8) is 0 Å². The summed E-state index contributed by atoms with van der Waals surface area (Å²) < 4.78 is 16.2. The minimum absolute atomic E-state index is 0.205. The van der Waals surface area contributed by atoms with Crippen LogP contribution in [-0.4, -0.2) is 35.5 Å². The third kappa shape index (κ3) is 3.35. The van der Waals surface area contributed by atoms with E-state index < -0.39 is 17.1 Å². The van der Waals surface area contributed by atoms with Crippen molar-refractivity contribution in [2.45, 2.75) is 63.7 Å². The van der Waals surface area contributed by atoms with Gasteiger partial charge in [-0.05, 0) is 75.0 Å². The van der Waals surface area contributed by atoms with Crippen molar-refractivity contribution in [1.29, 1.82) is 0 Å². The molecule has 0 spiro atoms. The minimum atomic E-state index is -0.876. The van der Waals surface area contributed by atoms with Gasteiger partial charge in [0, 0.05) is 6.54 Å². The van der Waals surface area contributed by atoms with Crippen molar-refractivity contribution < 1.29 is 28.9 Å². The fourth-order valence-corrected chi connectivity index (χ4v) is 6.18. The molecular formula is C22H27NO6. The molecule has 6 rings (SSSR count). The number of hydrogen-bond acceptors (Lipinski definition) is 6. The third-order valence-electron chi connectivity index (χ3n) is 7.02. The predicted octanol–water partition coefficient (Wildman–Crippen LogP) is 2.29. The lowest BCUT2D eigenvalue weighted by Gasteiger charge is -2.58. The number of aliphatic hydroxyl groups is 1. The molecule has 3 unspecified atom stereocenters. The van der Waals surface area contributed by atoms with Gasteiger partial charge in [0.05, 0.1) is 11.0 Å². The zero-order chi connectivity index (χ0) is 20.2. The molecule has 1 aromatic rings. The highest BCUT2D eigenvalue weighted by atomic mass is 16.7. The molecule has 0 radical (unpaired) electrons. The number of esters is 1. The second-order valence-corrected chi connectivity index (χ2v) is 9.42. The van der Waals surface area contributed by atoms with Crippen LogP contribution in [0.2, 0.25) is 0 Å². The number of rotatable bonds is 5. The Morgan fingerprint density at radius 3 is 2.66 bits per heavy atom. The van der Waals surface area contributed by atoms with Gasteiger partial charge in [0.2, 0.25) is 6.79 Å². The van der Waals surface area contributed by atoms with Gasteiger partial charge in [0.25, 0.3) is 5.91 Å². The van der Waals surface area contributed by atoms with Crippen LogP contribution in [0.15, 0.2) is 18.2 Å². The van der Waals surface area contributed by atoms with Crippen LogP contribution in [-0.2, 0) is 20.9 Å². The third-order valence-corrected chi connectivity index (χ3v) is 7.02. The molecule has 3 atom stereocenters. The summed E-state index contributed by atoms with van der Waals surface area (Å²) in [5, 5.41) is 13.6. The number of amides is 1. The first-order valence-corrected chi connectivity index (χ1v) is 10.4. The summed E-state index contributed by atoms with van der Waals surface area (Å²) >= 11 is 0. The van der Waals surface area contributed by atoms with Crippen LogP contribution >= 0.6 is 0 Å². The number of nitrogens with one attached hydrogen (secondary N) is 1. The minimum Gasteiger partial charge on any atom is -0.454 e. The zero-order valence-electron chi connectivity index (χ0n) is 16.6. The van der Waals surface area contributed by atoms with Gasteiger partial charge in [0.1, 0.15) is 0 Å². The Kier molecular flexibility index (Phi) is 4.28. The number of ether oxygens (including phenoxy) is 3. The molecule has 1 aliphatic heterocycles. The molecule has 4 fully saturated rings. The molecule has 7 heteroatoms. The van der Waals surface area contributed by atoms with Gasteiger partial charge in [-0.25, -0.2) is 0 Å². The maximum Gasteiger partial charge on any atom is 0.312 e. The Morgan fingerprint density at radius 1 is 1.21 bits per heavy atom. The van der Waals surface area contributed by atoms with Crippen LogP contribution in [0.25, 0.3) is 0 Å². The van der Waals surface area contributed by atoms with Crippen LogP contribution in [0.4, 0.5) is 0 Å². The molecule has 2 N–H and O–H groups in total. The highest BCUT2D eigenvalue weighted by Gasteiger charge is 2.61. The molecule has 4 saturated carbocycles. The Hall–Kier alpha value is -2.28. The van der Waals surface area contributed by atoms with E-state index in [2.05, 4.69) is 5.32 Å². The van der Waals surface area contributed by atoms with Gasteiger partial charge in [0.15, 0.2) is 17.6 Å². The van der Waals surface area contributed by atoms with Gasteiger partial charge in [-0.15, -0.1) is 0 Å². The van der Waals surface area contributed by atoms with E-state index in [0.29, 0.717) is 36.3 Å². The summed E-state index contributed by atoms with van der Waals surface area (Å²) in [6, 6.07) is 5.50. The first-order valence-electron chi connectivity index (χ1n) is 10.4. The Morgan fingerprint density at radius 2 is 1.93 bits per heavy atom. The molecule has 4 bridgehead atoms. The largest absolute Gasteiger partial charge is 0.454 e. The normalized spacial score (nSPS) is 34.7. The lowest BCUT2D eigenvalue weighted by Crippen LogP contribution is -2.59. The second-order valence-electron chi connectivity index (χ2n) is 9.42. The van der Waals surface area contributed by atoms with Crippen molar-refractivity contribution in [1.82, 2.24) is 5.32 Å². The van der Waals surface area contributed by atoms with Crippen LogP contribution < -0.4 is 14.8 Å². The molecule has 156 valence electrons. The number of hydrogen-bond donors (Lipinski definition) is 2. The second kappa shape index (κ2) is 6.62. The monoisotopic (exact) mass is 401 g/mol. The van der Waals surface area contributed by atoms with Crippen LogP contribution in [0, 0.1) is 17.3 Å². The van der Waals surface area contributed by atoms with Crippen molar-refractivity contribution in [2.24, 2.45) is 17.3 Å². The first-order chi connectivity index (χ1) is 13.8. The standard InChI is InChI=1S/C22H27NO6/c1-13(19(24)23-10-14-2-3-17-18(5-14)28-12-27-17)29-20(25)21-6-15-4-16(7-21)9-22(26,8-15)11-21/h2-3,5,13,15-16,26H,4,6-12H2,1H3,(H,23,24). The Balaban J connectivity index is 1.18. The molecule has 29 heavy (non-hydrogen) atoms. The number of benzene rings is 1. The molecule has 0 saturated heterocycles. The highest BCUT2D eigenvalue weighted by Crippen LogP contribution is 2.62. The summed E-state index contributed by atoms with van der Waals surface area (Å²) in [5.41, 5.74) is -0.469. The van der Waals surface area contributed by atoms with E-state index in [-0.39, 0.29) is 18.7 Å². The quantitative estimate of drug-likeness (QED) is 0.736. The predicted molar refractivity (Wildman–Crippen MR) is 102 cm³/mol. The molecular weight excluding hydrogens is 374 g/mol. The van der Waals surface area contributed by atoms with E-state index >= 15 is 0 Å². The smallest absolute Gasteiger partial charge is 0.312 e. The van der Waals surface area contributed by atoms with Crippen molar-refractivity contribution in [2.75, 3.05) is 6.79 Å². The molecule has 0 aromatic heterocycles. The van der Waals surface area contributed by atoms with E-state index in [1.165, 1.54) is 0 Å². The maximum atomic E-state index is 13.0. The van der Waals surface area contributed by atoms with Crippen molar-refractivity contribution >= 4 is 11.9 Å². The lowest BCUT2D eigenvalue weighted by molar-refractivity contribution is -0.200. The number of carbonyl (C=O) groups is 2. The molecule has 1 aromatic carbocycles. The highest BCUT2D eigenvalue weighted by molar-refractivity contribution is 5.85. The Labute approximate surface area is 169 Å². The van der Waals surface area contributed by atoms with Crippen LogP contribution in [0.3, 0.4) is 0 Å². The van der Waals surface area contributed by atoms with Gasteiger partial charge in [-0.3, -0.25) is 9.59 Å². The molecule has 7 nitrogen and oxygen atoms in total. The molecule has 4 aliphatic carbocycles. The van der Waals surface area contributed by atoms with E-state index in [4.69, 9.17) is 14.2 Å². The summed E-state index contributed by atoms with van der Waals surface area (Å²) in [7, 11) is 0. The fraction of sp³-hybridized carbons (Fsp3) is 0.636. The van der Waals surface area contributed by atoms with Gasteiger partial charge in [-0.1, -0.05) is 6.07 Å². The average Bonchev–Trinajstić information content (AvgIpc) is 3.11. The molecule has 1 heterocycles. The molecule has 1 amide bonds. The van der Waals surface area contributed by atoms with Gasteiger partial charge in [-0.2, -0.15) is 0 Å². The van der Waals surface area contributed by atoms with E-state index in [9.17, 15) is 14.7 Å². The van der Waals surface area contributed by atoms with Crippen molar-refractivity contribution in [3.05, 3.63) is 23.8 Å². The van der Waals surface area contributed by atoms with Gasteiger partial charge < -0.3 is 24.6 Å². The average molecular weight is 401 g/mol. The maximum absolute atomic E-state index is 13.0. The summed E-state index contributed by atoms with van der Waals surface area (Å²) in [4.78, 5) is 25.5. The van der Waals surface area contributed by atoms with E-state index in [0.717, 1.165) is 37.7 Å². The zero-order valence-corrected chi connectivity index (χ0v) is 16.6. The summed E-state index contributed by atoms with van der Waals surface area (Å²) in [6.45, 7) is 2.12. The topological polar surface area (TPSA) is 94.1 Å². The van der Waals surface area contributed by atoms with Crippen LogP contribution in [0.5, 0.6) is 11.5 Å². The SMILES string of the molecule is CC(OC(=O)C12CC3CC(CC(O)(C3)C1)C2)C(=O)NCc1ccc2c(c1)OCO2. The van der Waals surface area contributed by atoms with E-state index in [1.807, 2.05) is 18.2 Å². The van der Waals surface area contributed by atoms with E-state index in [1.54, 1.807) is 6.92 Å². The number of fused-ring (bicyclic) bond motifs is 1. The lowest BCUT2D eigenvalue weighted by atomic mass is 9.48. The van der Waals surface area contributed by atoms with Crippen molar-refractivity contribution in [3.8, 4) is 11.5 Å². The van der Waals surface area contributed by atoms with Crippen LogP contribution in [0.1, 0.15) is 51.0 Å². The molecule has 5 aliphatic rings. The summed E-state index contributed by atoms with van der Waals surface area (Å²) in [6.07, 6.45) is 3.83. The number of carbonyl (C=O) groups excluding carboxylic acids is 2. The first kappa shape index (κ1) is 18.7. The van der Waals surface area contributed by atoms with Gasteiger partial charge >= 0.3 is 5.97 Å².